The molecule has 1 fully saturated rings. The van der Waals surface area contributed by atoms with Gasteiger partial charge >= 0.3 is 12.1 Å². The Morgan fingerprint density at radius 1 is 1.25 bits per heavy atom. The molecule has 1 N–H and O–H groups in total. The Morgan fingerprint density at radius 3 is 2.62 bits per heavy atom. The highest BCUT2D eigenvalue weighted by atomic mass is 19.4. The van der Waals surface area contributed by atoms with Crippen LogP contribution in [0.15, 0.2) is 36.5 Å². The molecule has 3 aromatic rings. The Labute approximate surface area is 181 Å². The van der Waals surface area contributed by atoms with Gasteiger partial charge in [0.05, 0.1) is 28.4 Å². The number of carbonyl (C=O) groups is 2. The average Bonchev–Trinajstić information content (AvgIpc) is 3.49. The van der Waals surface area contributed by atoms with Crippen molar-refractivity contribution in [3.63, 3.8) is 0 Å². The number of nitrogens with zero attached hydrogens (tertiary/aromatic N) is 3. The third kappa shape index (κ3) is 4.44. The maximum atomic E-state index is 13.1. The fourth-order valence-electron chi connectivity index (χ4n) is 3.41. The molecule has 168 valence electrons. The summed E-state index contributed by atoms with van der Waals surface area (Å²) in [6.07, 6.45) is -1.15. The van der Waals surface area contributed by atoms with Crippen LogP contribution in [-0.4, -0.2) is 33.2 Å². The van der Waals surface area contributed by atoms with E-state index in [1.165, 1.54) is 18.3 Å². The van der Waals surface area contributed by atoms with Crippen molar-refractivity contribution < 1.29 is 27.5 Å². The number of rotatable bonds is 6. The zero-order valence-electron chi connectivity index (χ0n) is 17.4. The van der Waals surface area contributed by atoms with Crippen LogP contribution in [0.2, 0.25) is 0 Å². The zero-order valence-corrected chi connectivity index (χ0v) is 17.4. The lowest BCUT2D eigenvalue weighted by molar-refractivity contribution is -0.137. The van der Waals surface area contributed by atoms with Gasteiger partial charge in [-0.25, -0.2) is 14.5 Å². The predicted molar refractivity (Wildman–Crippen MR) is 110 cm³/mol. The number of carbonyl (C=O) groups excluding carboxylic acids is 2. The van der Waals surface area contributed by atoms with Crippen molar-refractivity contribution in [1.82, 2.24) is 14.8 Å². The molecule has 0 radical (unpaired) electrons. The topological polar surface area (TPSA) is 86.1 Å². The standard InChI is InChI=1S/C22H21F3N4O3/c1-12(2)29-20-15(10-26-29)14(9-18(28-20)13-7-8-13)21(31)32-11-19(30)27-17-6-4-3-5-16(17)22(23,24)25/h3-6,9-10,12-13H,7-8,11H2,1-2H3,(H,27,30). The fourth-order valence-corrected chi connectivity index (χ4v) is 3.41. The zero-order chi connectivity index (χ0) is 23.0. The van der Waals surface area contributed by atoms with Gasteiger partial charge in [0.15, 0.2) is 12.3 Å². The molecule has 4 rings (SSSR count). The molecule has 0 saturated heterocycles. The van der Waals surface area contributed by atoms with E-state index in [4.69, 9.17) is 4.74 Å². The van der Waals surface area contributed by atoms with Crippen LogP contribution in [0.25, 0.3) is 11.0 Å². The number of benzene rings is 1. The van der Waals surface area contributed by atoms with E-state index in [0.717, 1.165) is 30.7 Å². The molecule has 1 saturated carbocycles. The summed E-state index contributed by atoms with van der Waals surface area (Å²) < 4.78 is 46.1. The van der Waals surface area contributed by atoms with Gasteiger partial charge in [-0.1, -0.05) is 12.1 Å². The number of alkyl halides is 3. The Bertz CT molecular complexity index is 1180. The number of nitrogens with one attached hydrogen (secondary N) is 1. The second kappa shape index (κ2) is 8.25. The summed E-state index contributed by atoms with van der Waals surface area (Å²) in [7, 11) is 0. The normalized spacial score (nSPS) is 14.1. The second-order valence-corrected chi connectivity index (χ2v) is 7.96. The molecule has 2 heterocycles. The van der Waals surface area contributed by atoms with Gasteiger partial charge in [0, 0.05) is 17.7 Å². The highest BCUT2D eigenvalue weighted by molar-refractivity contribution is 6.04. The molecule has 1 amide bonds. The van der Waals surface area contributed by atoms with E-state index in [1.54, 1.807) is 10.7 Å². The van der Waals surface area contributed by atoms with E-state index < -0.39 is 35.9 Å². The summed E-state index contributed by atoms with van der Waals surface area (Å²) in [4.78, 5) is 29.6. The van der Waals surface area contributed by atoms with Gasteiger partial charge in [0.25, 0.3) is 5.91 Å². The highest BCUT2D eigenvalue weighted by Crippen LogP contribution is 2.40. The van der Waals surface area contributed by atoms with Gasteiger partial charge in [0.2, 0.25) is 0 Å². The summed E-state index contributed by atoms with van der Waals surface area (Å²) in [5.41, 5.74) is 0.162. The lowest BCUT2D eigenvalue weighted by atomic mass is 10.1. The Kier molecular flexibility index (Phi) is 5.62. The number of ether oxygens (including phenoxy) is 1. The summed E-state index contributed by atoms with van der Waals surface area (Å²) >= 11 is 0. The average molecular weight is 446 g/mol. The van der Waals surface area contributed by atoms with Crippen molar-refractivity contribution in [2.24, 2.45) is 0 Å². The lowest BCUT2D eigenvalue weighted by Crippen LogP contribution is -2.23. The number of para-hydroxylation sites is 1. The second-order valence-electron chi connectivity index (χ2n) is 7.96. The first-order chi connectivity index (χ1) is 15.1. The first-order valence-corrected chi connectivity index (χ1v) is 10.2. The Balaban J connectivity index is 1.52. The number of hydrogen-bond acceptors (Lipinski definition) is 5. The van der Waals surface area contributed by atoms with Gasteiger partial charge in [-0.15, -0.1) is 0 Å². The molecule has 32 heavy (non-hydrogen) atoms. The molecule has 0 aliphatic heterocycles. The monoisotopic (exact) mass is 446 g/mol. The molecular formula is C22H21F3N4O3. The highest BCUT2D eigenvalue weighted by Gasteiger charge is 2.33. The van der Waals surface area contributed by atoms with Crippen molar-refractivity contribution in [1.29, 1.82) is 0 Å². The van der Waals surface area contributed by atoms with Crippen LogP contribution in [0, 0.1) is 0 Å². The molecule has 0 bridgehead atoms. The molecule has 1 aliphatic rings. The number of pyridine rings is 1. The van der Waals surface area contributed by atoms with Gasteiger partial charge in [-0.2, -0.15) is 18.3 Å². The van der Waals surface area contributed by atoms with Crippen LogP contribution in [0.4, 0.5) is 18.9 Å². The number of esters is 1. The molecule has 10 heteroatoms. The molecule has 7 nitrogen and oxygen atoms in total. The largest absolute Gasteiger partial charge is 0.452 e. The predicted octanol–water partition coefficient (Wildman–Crippen LogP) is 4.70. The number of fused-ring (bicyclic) bond motifs is 1. The number of hydrogen-bond donors (Lipinski definition) is 1. The number of amides is 1. The molecule has 1 aromatic carbocycles. The van der Waals surface area contributed by atoms with E-state index in [9.17, 15) is 22.8 Å². The number of aromatic nitrogens is 3. The number of halogens is 3. The van der Waals surface area contributed by atoms with Gasteiger partial charge in [-0.05, 0) is 44.9 Å². The van der Waals surface area contributed by atoms with Crippen LogP contribution >= 0.6 is 0 Å². The first kappa shape index (κ1) is 21.8. The van der Waals surface area contributed by atoms with E-state index in [1.807, 2.05) is 13.8 Å². The van der Waals surface area contributed by atoms with Crippen LogP contribution in [-0.2, 0) is 15.7 Å². The molecule has 0 spiro atoms. The summed E-state index contributed by atoms with van der Waals surface area (Å²) in [6.45, 7) is 3.16. The van der Waals surface area contributed by atoms with E-state index >= 15 is 0 Å². The summed E-state index contributed by atoms with van der Waals surface area (Å²) in [5, 5.41) is 6.95. The molecule has 0 atom stereocenters. The van der Waals surface area contributed by atoms with E-state index in [-0.39, 0.29) is 17.5 Å². The Morgan fingerprint density at radius 2 is 1.97 bits per heavy atom. The van der Waals surface area contributed by atoms with Crippen molar-refractivity contribution >= 4 is 28.6 Å². The quantitative estimate of drug-likeness (QED) is 0.555. The summed E-state index contributed by atoms with van der Waals surface area (Å²) in [6, 6.07) is 6.26. The maximum Gasteiger partial charge on any atom is 0.418 e. The van der Waals surface area contributed by atoms with Crippen molar-refractivity contribution in [3.05, 3.63) is 53.3 Å². The minimum Gasteiger partial charge on any atom is -0.452 e. The molecule has 2 aromatic heterocycles. The molecule has 0 unspecified atom stereocenters. The third-order valence-electron chi connectivity index (χ3n) is 5.13. The first-order valence-electron chi connectivity index (χ1n) is 10.2. The lowest BCUT2D eigenvalue weighted by Gasteiger charge is -2.14. The smallest absolute Gasteiger partial charge is 0.418 e. The summed E-state index contributed by atoms with van der Waals surface area (Å²) in [5.74, 6) is -1.37. The van der Waals surface area contributed by atoms with Crippen molar-refractivity contribution in [3.8, 4) is 0 Å². The minimum absolute atomic E-state index is 0.0257. The fraction of sp³-hybridized carbons (Fsp3) is 0.364. The maximum absolute atomic E-state index is 13.1. The third-order valence-corrected chi connectivity index (χ3v) is 5.13. The van der Waals surface area contributed by atoms with Crippen molar-refractivity contribution in [2.75, 3.05) is 11.9 Å². The van der Waals surface area contributed by atoms with Crippen LogP contribution in [0.1, 0.15) is 60.3 Å². The minimum atomic E-state index is -4.63. The Hall–Kier alpha value is -3.43. The van der Waals surface area contributed by atoms with Gasteiger partial charge in [-0.3, -0.25) is 4.79 Å². The van der Waals surface area contributed by atoms with Crippen LogP contribution in [0.5, 0.6) is 0 Å². The number of anilines is 1. The van der Waals surface area contributed by atoms with Gasteiger partial charge in [0.1, 0.15) is 0 Å². The van der Waals surface area contributed by atoms with Gasteiger partial charge < -0.3 is 10.1 Å². The van der Waals surface area contributed by atoms with Crippen LogP contribution < -0.4 is 5.32 Å². The molecule has 1 aliphatic carbocycles. The van der Waals surface area contributed by atoms with Crippen LogP contribution in [0.3, 0.4) is 0 Å². The van der Waals surface area contributed by atoms with Crippen molar-refractivity contribution in [2.45, 2.75) is 44.8 Å². The van der Waals surface area contributed by atoms with E-state index in [0.29, 0.717) is 11.0 Å². The van der Waals surface area contributed by atoms with E-state index in [2.05, 4.69) is 15.4 Å². The molecular weight excluding hydrogens is 425 g/mol. The SMILES string of the molecule is CC(C)n1ncc2c(C(=O)OCC(=O)Nc3ccccc3C(F)(F)F)cc(C3CC3)nc21.